The first-order chi connectivity index (χ1) is 10.1. The number of hydrogen-bond acceptors (Lipinski definition) is 5. The van der Waals surface area contributed by atoms with Crippen molar-refractivity contribution in [2.75, 3.05) is 0 Å². The summed E-state index contributed by atoms with van der Waals surface area (Å²) in [6.07, 6.45) is -1.57. The molecule has 0 fully saturated rings. The second kappa shape index (κ2) is 5.86. The highest BCUT2D eigenvalue weighted by atomic mass is 35.5. The number of carboxylic acids is 1. The lowest BCUT2D eigenvalue weighted by molar-refractivity contribution is -0.312. The van der Waals surface area contributed by atoms with Crippen LogP contribution in [0.3, 0.4) is 0 Å². The molecule has 1 N–H and O–H groups in total. The molecule has 118 valence electrons. The van der Waals surface area contributed by atoms with Gasteiger partial charge in [-0.15, -0.1) is 0 Å². The Morgan fingerprint density at radius 1 is 1.00 bits per heavy atom. The zero-order valence-electron chi connectivity index (χ0n) is 10.7. The molecule has 1 aromatic carbocycles. The fourth-order valence-corrected chi connectivity index (χ4v) is 3.15. The topological polar surface area (TPSA) is 97.7 Å². The molecule has 0 radical (unpaired) electrons. The Morgan fingerprint density at radius 2 is 1.36 bits per heavy atom. The van der Waals surface area contributed by atoms with Gasteiger partial charge in [0, 0.05) is 0 Å². The van der Waals surface area contributed by atoms with Crippen LogP contribution in [0.2, 0.25) is 20.1 Å². The molecule has 0 unspecified atom stereocenters. The standard InChI is InChI=1S/C12H7Cl4NO5/c1-2(18)9(12(21)22)17-10(19)3-4(11(17)20)6(14)8(16)7(15)5(3)13/h2,9,18H,1H3,(H,21,22)/p-1/t2-,9-/m1/s1. The third-order valence-electron chi connectivity index (χ3n) is 3.11. The molecule has 2 rings (SSSR count). The Kier molecular flexibility index (Phi) is 4.61. The summed E-state index contributed by atoms with van der Waals surface area (Å²) >= 11 is 23.5. The number of carboxylic acid groups (broad SMARTS) is 1. The molecule has 2 atom stereocenters. The van der Waals surface area contributed by atoms with Crippen LogP contribution in [-0.2, 0) is 4.79 Å². The number of nitrogens with zero attached hydrogens (tertiary/aromatic N) is 1. The maximum absolute atomic E-state index is 12.4. The van der Waals surface area contributed by atoms with Crippen molar-refractivity contribution in [2.45, 2.75) is 19.1 Å². The van der Waals surface area contributed by atoms with Crippen molar-refractivity contribution in [3.63, 3.8) is 0 Å². The molecule has 0 saturated heterocycles. The third-order valence-corrected chi connectivity index (χ3v) is 4.91. The van der Waals surface area contributed by atoms with Crippen molar-refractivity contribution in [2.24, 2.45) is 0 Å². The third kappa shape index (κ3) is 2.35. The Hall–Kier alpha value is -1.05. The van der Waals surface area contributed by atoms with E-state index in [0.29, 0.717) is 4.90 Å². The molecule has 0 aliphatic carbocycles. The first kappa shape index (κ1) is 17.3. The van der Waals surface area contributed by atoms with Crippen molar-refractivity contribution < 1.29 is 24.6 Å². The molecular formula is C12H6Cl4NO5-. The SMILES string of the molecule is C[C@@H](O)[C@H](C(=O)[O-])N1C(=O)c2c(Cl)c(Cl)c(Cl)c(Cl)c2C1=O. The van der Waals surface area contributed by atoms with Gasteiger partial charge in [-0.25, -0.2) is 0 Å². The Bertz CT molecular complexity index is 671. The van der Waals surface area contributed by atoms with Crippen molar-refractivity contribution in [3.8, 4) is 0 Å². The van der Waals surface area contributed by atoms with E-state index in [4.69, 9.17) is 46.4 Å². The highest BCUT2D eigenvalue weighted by Gasteiger charge is 2.46. The normalized spacial score (nSPS) is 16.7. The number of carbonyl (C=O) groups excluding carboxylic acids is 3. The van der Waals surface area contributed by atoms with Crippen LogP contribution in [0.4, 0.5) is 0 Å². The van der Waals surface area contributed by atoms with Gasteiger partial charge in [-0.2, -0.15) is 0 Å². The van der Waals surface area contributed by atoms with Gasteiger partial charge in [-0.05, 0) is 6.92 Å². The predicted molar refractivity (Wildman–Crippen MR) is 77.5 cm³/mol. The van der Waals surface area contributed by atoms with Crippen LogP contribution in [0.1, 0.15) is 27.6 Å². The molecular weight excluding hydrogens is 380 g/mol. The monoisotopic (exact) mass is 384 g/mol. The molecule has 1 aromatic rings. The minimum absolute atomic E-state index is 0.239. The van der Waals surface area contributed by atoms with Gasteiger partial charge in [-0.1, -0.05) is 46.4 Å². The number of fused-ring (bicyclic) bond motifs is 1. The van der Waals surface area contributed by atoms with Crippen molar-refractivity contribution in [3.05, 3.63) is 31.2 Å². The fourth-order valence-electron chi connectivity index (χ4n) is 2.14. The zero-order valence-corrected chi connectivity index (χ0v) is 13.7. The molecule has 0 saturated carbocycles. The summed E-state index contributed by atoms with van der Waals surface area (Å²) < 4.78 is 0. The van der Waals surface area contributed by atoms with E-state index in [9.17, 15) is 24.6 Å². The van der Waals surface area contributed by atoms with E-state index >= 15 is 0 Å². The number of amides is 2. The average molecular weight is 386 g/mol. The highest BCUT2D eigenvalue weighted by Crippen LogP contribution is 2.45. The van der Waals surface area contributed by atoms with Gasteiger partial charge in [0.15, 0.2) is 0 Å². The first-order valence-electron chi connectivity index (χ1n) is 5.74. The lowest BCUT2D eigenvalue weighted by atomic mass is 10.1. The smallest absolute Gasteiger partial charge is 0.263 e. The molecule has 10 heteroatoms. The molecule has 1 heterocycles. The largest absolute Gasteiger partial charge is 0.548 e. The number of hydrogen-bond donors (Lipinski definition) is 1. The van der Waals surface area contributed by atoms with E-state index in [2.05, 4.69) is 0 Å². The minimum atomic E-state index is -1.91. The van der Waals surface area contributed by atoms with Gasteiger partial charge in [0.25, 0.3) is 11.8 Å². The molecule has 0 bridgehead atoms. The summed E-state index contributed by atoms with van der Waals surface area (Å²) in [5.74, 6) is -3.92. The first-order valence-corrected chi connectivity index (χ1v) is 7.25. The van der Waals surface area contributed by atoms with Crippen molar-refractivity contribution >= 4 is 64.2 Å². The molecule has 2 amide bonds. The summed E-state index contributed by atoms with van der Waals surface area (Å²) in [4.78, 5) is 36.2. The lowest BCUT2D eigenvalue weighted by Gasteiger charge is -2.29. The van der Waals surface area contributed by atoms with E-state index in [0.717, 1.165) is 6.92 Å². The summed E-state index contributed by atoms with van der Waals surface area (Å²) in [7, 11) is 0. The van der Waals surface area contributed by atoms with Gasteiger partial charge in [0.05, 0.1) is 43.3 Å². The second-order valence-corrected chi connectivity index (χ2v) is 6.00. The van der Waals surface area contributed by atoms with Crippen molar-refractivity contribution in [1.82, 2.24) is 4.90 Å². The number of aliphatic hydroxyl groups excluding tert-OH is 1. The van der Waals surface area contributed by atoms with Gasteiger partial charge in [0.2, 0.25) is 0 Å². The number of halogens is 4. The van der Waals surface area contributed by atoms with E-state index in [-0.39, 0.29) is 31.2 Å². The molecule has 1 aliphatic rings. The van der Waals surface area contributed by atoms with Crippen LogP contribution in [0.5, 0.6) is 0 Å². The van der Waals surface area contributed by atoms with Crippen LogP contribution in [0.25, 0.3) is 0 Å². The summed E-state index contributed by atoms with van der Waals surface area (Å²) in [5.41, 5.74) is -0.726. The van der Waals surface area contributed by atoms with Gasteiger partial charge < -0.3 is 15.0 Å². The van der Waals surface area contributed by atoms with Gasteiger partial charge >= 0.3 is 0 Å². The zero-order chi connectivity index (χ0) is 16.9. The fraction of sp³-hybridized carbons (Fsp3) is 0.250. The Morgan fingerprint density at radius 3 is 1.64 bits per heavy atom. The number of aliphatic hydroxyl groups is 1. The van der Waals surface area contributed by atoms with Crippen LogP contribution >= 0.6 is 46.4 Å². The summed E-state index contributed by atoms with van der Waals surface area (Å²) in [5, 5.41) is 19.5. The molecule has 22 heavy (non-hydrogen) atoms. The van der Waals surface area contributed by atoms with E-state index in [1.54, 1.807) is 0 Å². The van der Waals surface area contributed by atoms with Gasteiger partial charge in [0.1, 0.15) is 6.04 Å². The predicted octanol–water partition coefficient (Wildman–Crippen LogP) is 1.40. The highest BCUT2D eigenvalue weighted by molar-refractivity contribution is 6.55. The molecule has 0 spiro atoms. The Labute approximate surface area is 144 Å². The molecule has 0 aromatic heterocycles. The van der Waals surface area contributed by atoms with Gasteiger partial charge in [-0.3, -0.25) is 14.5 Å². The average Bonchev–Trinajstić information content (AvgIpc) is 2.67. The summed E-state index contributed by atoms with van der Waals surface area (Å²) in [6, 6.07) is -1.91. The van der Waals surface area contributed by atoms with Crippen LogP contribution in [0.15, 0.2) is 0 Å². The van der Waals surface area contributed by atoms with Crippen LogP contribution < -0.4 is 5.11 Å². The Balaban J connectivity index is 2.71. The minimum Gasteiger partial charge on any atom is -0.548 e. The number of aliphatic carboxylic acids is 1. The van der Waals surface area contributed by atoms with E-state index in [1.165, 1.54) is 0 Å². The second-order valence-electron chi connectivity index (χ2n) is 4.49. The van der Waals surface area contributed by atoms with E-state index in [1.807, 2.05) is 0 Å². The molecule has 1 aliphatic heterocycles. The number of rotatable bonds is 3. The maximum Gasteiger partial charge on any atom is 0.263 e. The number of benzene rings is 1. The number of carbonyl (C=O) groups is 3. The van der Waals surface area contributed by atoms with Crippen LogP contribution in [-0.4, -0.2) is 39.9 Å². The van der Waals surface area contributed by atoms with Crippen LogP contribution in [0, 0.1) is 0 Å². The lowest BCUT2D eigenvalue weighted by Crippen LogP contribution is -2.55. The van der Waals surface area contributed by atoms with E-state index < -0.39 is 29.9 Å². The van der Waals surface area contributed by atoms with Crippen molar-refractivity contribution in [1.29, 1.82) is 0 Å². The summed E-state index contributed by atoms with van der Waals surface area (Å²) in [6.45, 7) is 1.09. The molecule has 6 nitrogen and oxygen atoms in total. The quantitative estimate of drug-likeness (QED) is 0.481. The number of imide groups is 1. The maximum atomic E-state index is 12.4.